The van der Waals surface area contributed by atoms with Crippen molar-refractivity contribution in [1.29, 1.82) is 0 Å². The SMILES string of the molecule is Cc1ccsc1CN(Cc1ccccn1)C(=O)C(C)Cn1cccn1. The summed E-state index contributed by atoms with van der Waals surface area (Å²) in [6.07, 6.45) is 5.38. The molecule has 3 aromatic heterocycles. The quantitative estimate of drug-likeness (QED) is 0.652. The van der Waals surface area contributed by atoms with E-state index in [-0.39, 0.29) is 11.8 Å². The zero-order chi connectivity index (χ0) is 17.6. The van der Waals surface area contributed by atoms with Gasteiger partial charge < -0.3 is 4.90 Å². The summed E-state index contributed by atoms with van der Waals surface area (Å²) in [6.45, 7) is 5.75. The van der Waals surface area contributed by atoms with Gasteiger partial charge in [-0.25, -0.2) is 0 Å². The first-order chi connectivity index (χ1) is 12.1. The summed E-state index contributed by atoms with van der Waals surface area (Å²) >= 11 is 1.69. The van der Waals surface area contributed by atoms with Gasteiger partial charge in [-0.3, -0.25) is 14.5 Å². The van der Waals surface area contributed by atoms with Crippen molar-refractivity contribution in [1.82, 2.24) is 19.7 Å². The first kappa shape index (κ1) is 17.4. The van der Waals surface area contributed by atoms with E-state index in [9.17, 15) is 4.79 Å². The molecule has 1 unspecified atom stereocenters. The second kappa shape index (κ2) is 8.07. The maximum absolute atomic E-state index is 13.1. The van der Waals surface area contributed by atoms with Gasteiger partial charge in [0.15, 0.2) is 0 Å². The van der Waals surface area contributed by atoms with Crippen LogP contribution in [0, 0.1) is 12.8 Å². The molecular weight excluding hydrogens is 332 g/mol. The first-order valence-electron chi connectivity index (χ1n) is 8.32. The van der Waals surface area contributed by atoms with Crippen molar-refractivity contribution in [3.63, 3.8) is 0 Å². The molecule has 0 aromatic carbocycles. The molecule has 1 atom stereocenters. The van der Waals surface area contributed by atoms with E-state index >= 15 is 0 Å². The van der Waals surface area contributed by atoms with Crippen LogP contribution in [-0.4, -0.2) is 25.6 Å². The van der Waals surface area contributed by atoms with E-state index < -0.39 is 0 Å². The van der Waals surface area contributed by atoms with Crippen LogP contribution in [0.25, 0.3) is 0 Å². The van der Waals surface area contributed by atoms with Gasteiger partial charge in [-0.1, -0.05) is 13.0 Å². The second-order valence-electron chi connectivity index (χ2n) is 6.17. The molecule has 0 aliphatic rings. The van der Waals surface area contributed by atoms with Crippen molar-refractivity contribution in [3.05, 3.63) is 70.4 Å². The molecule has 130 valence electrons. The van der Waals surface area contributed by atoms with Crippen LogP contribution in [0.2, 0.25) is 0 Å². The molecule has 3 rings (SSSR count). The topological polar surface area (TPSA) is 51.0 Å². The largest absolute Gasteiger partial charge is 0.331 e. The van der Waals surface area contributed by atoms with E-state index in [0.717, 1.165) is 5.69 Å². The summed E-state index contributed by atoms with van der Waals surface area (Å²) in [5.74, 6) is -0.0298. The summed E-state index contributed by atoms with van der Waals surface area (Å²) < 4.78 is 1.80. The molecule has 3 heterocycles. The fraction of sp³-hybridized carbons (Fsp3) is 0.316. The fourth-order valence-corrected chi connectivity index (χ4v) is 3.64. The molecule has 0 aliphatic carbocycles. The smallest absolute Gasteiger partial charge is 0.227 e. The van der Waals surface area contributed by atoms with Crippen molar-refractivity contribution in [2.45, 2.75) is 33.5 Å². The van der Waals surface area contributed by atoms with E-state index in [1.807, 2.05) is 42.3 Å². The first-order valence-corrected chi connectivity index (χ1v) is 9.20. The third-order valence-corrected chi connectivity index (χ3v) is 5.14. The molecule has 0 saturated heterocycles. The Morgan fingerprint density at radius 2 is 2.12 bits per heavy atom. The zero-order valence-corrected chi connectivity index (χ0v) is 15.3. The van der Waals surface area contributed by atoms with E-state index in [0.29, 0.717) is 19.6 Å². The molecule has 0 radical (unpaired) electrons. The van der Waals surface area contributed by atoms with Crippen LogP contribution >= 0.6 is 11.3 Å². The number of pyridine rings is 1. The number of thiophene rings is 1. The van der Waals surface area contributed by atoms with Gasteiger partial charge in [0, 0.05) is 23.5 Å². The van der Waals surface area contributed by atoms with Crippen LogP contribution in [0.15, 0.2) is 54.3 Å². The Balaban J connectivity index is 1.76. The van der Waals surface area contributed by atoms with Crippen LogP contribution in [0.1, 0.15) is 23.1 Å². The van der Waals surface area contributed by atoms with Crippen LogP contribution < -0.4 is 0 Å². The van der Waals surface area contributed by atoms with Gasteiger partial charge >= 0.3 is 0 Å². The van der Waals surface area contributed by atoms with Crippen LogP contribution in [0.4, 0.5) is 0 Å². The summed E-state index contributed by atoms with van der Waals surface area (Å²) in [5, 5.41) is 6.28. The molecule has 6 heteroatoms. The molecule has 0 saturated carbocycles. The number of aryl methyl sites for hydroxylation is 1. The van der Waals surface area contributed by atoms with Crippen LogP contribution in [-0.2, 0) is 24.4 Å². The fourth-order valence-electron chi connectivity index (χ4n) is 2.72. The third kappa shape index (κ3) is 4.54. The average Bonchev–Trinajstić information content (AvgIpc) is 3.27. The number of rotatable bonds is 7. The second-order valence-corrected chi connectivity index (χ2v) is 7.17. The number of amides is 1. The zero-order valence-electron chi connectivity index (χ0n) is 14.5. The van der Waals surface area contributed by atoms with Crippen LogP contribution in [0.3, 0.4) is 0 Å². The minimum Gasteiger partial charge on any atom is -0.331 e. The highest BCUT2D eigenvalue weighted by Gasteiger charge is 2.23. The highest BCUT2D eigenvalue weighted by Crippen LogP contribution is 2.20. The lowest BCUT2D eigenvalue weighted by Gasteiger charge is -2.25. The molecule has 5 nitrogen and oxygen atoms in total. The van der Waals surface area contributed by atoms with E-state index in [2.05, 4.69) is 28.5 Å². The maximum atomic E-state index is 13.1. The predicted octanol–water partition coefficient (Wildman–Crippen LogP) is 3.51. The summed E-state index contributed by atoms with van der Waals surface area (Å²) in [5.41, 5.74) is 2.12. The molecule has 0 N–H and O–H groups in total. The van der Waals surface area contributed by atoms with Crippen molar-refractivity contribution in [3.8, 4) is 0 Å². The Kier molecular flexibility index (Phi) is 5.60. The van der Waals surface area contributed by atoms with Gasteiger partial charge in [-0.2, -0.15) is 5.10 Å². The van der Waals surface area contributed by atoms with Gasteiger partial charge in [-0.15, -0.1) is 11.3 Å². The molecule has 3 aromatic rings. The minimum absolute atomic E-state index is 0.119. The Morgan fingerprint density at radius 3 is 2.76 bits per heavy atom. The summed E-state index contributed by atoms with van der Waals surface area (Å²) in [4.78, 5) is 20.6. The molecule has 25 heavy (non-hydrogen) atoms. The average molecular weight is 354 g/mol. The summed E-state index contributed by atoms with van der Waals surface area (Å²) in [7, 11) is 0. The number of hydrogen-bond donors (Lipinski definition) is 0. The minimum atomic E-state index is -0.149. The number of carbonyl (C=O) groups is 1. The maximum Gasteiger partial charge on any atom is 0.227 e. The molecular formula is C19H22N4OS. The monoisotopic (exact) mass is 354 g/mol. The highest BCUT2D eigenvalue weighted by molar-refractivity contribution is 7.10. The highest BCUT2D eigenvalue weighted by atomic mass is 32.1. The van der Waals surface area contributed by atoms with Crippen LogP contribution in [0.5, 0.6) is 0 Å². The van der Waals surface area contributed by atoms with E-state index in [4.69, 9.17) is 0 Å². The Labute approximate surface area is 151 Å². The lowest BCUT2D eigenvalue weighted by atomic mass is 10.1. The van der Waals surface area contributed by atoms with Gasteiger partial charge in [-0.05, 0) is 42.1 Å². The lowest BCUT2D eigenvalue weighted by Crippen LogP contribution is -2.36. The van der Waals surface area contributed by atoms with E-state index in [1.54, 1.807) is 28.4 Å². The molecule has 0 aliphatic heterocycles. The van der Waals surface area contributed by atoms with Gasteiger partial charge in [0.05, 0.1) is 31.2 Å². The molecule has 0 fully saturated rings. The number of carbonyl (C=O) groups excluding carboxylic acids is 1. The molecule has 0 spiro atoms. The lowest BCUT2D eigenvalue weighted by molar-refractivity contribution is -0.136. The predicted molar refractivity (Wildman–Crippen MR) is 98.9 cm³/mol. The van der Waals surface area contributed by atoms with Gasteiger partial charge in [0.2, 0.25) is 5.91 Å². The third-order valence-electron chi connectivity index (χ3n) is 4.13. The number of hydrogen-bond acceptors (Lipinski definition) is 4. The van der Waals surface area contributed by atoms with Gasteiger partial charge in [0.25, 0.3) is 0 Å². The van der Waals surface area contributed by atoms with Crippen molar-refractivity contribution < 1.29 is 4.79 Å². The number of nitrogens with zero attached hydrogens (tertiary/aromatic N) is 4. The Morgan fingerprint density at radius 1 is 1.24 bits per heavy atom. The molecule has 1 amide bonds. The Hall–Kier alpha value is -2.47. The number of aromatic nitrogens is 3. The molecule has 0 bridgehead atoms. The standard InChI is InChI=1S/C19H22N4OS/c1-15-7-11-25-18(15)14-22(13-17-6-3-4-8-20-17)19(24)16(2)12-23-10-5-9-21-23/h3-11,16H,12-14H2,1-2H3. The van der Waals surface area contributed by atoms with Crippen molar-refractivity contribution in [2.75, 3.05) is 0 Å². The Bertz CT molecular complexity index is 798. The summed E-state index contributed by atoms with van der Waals surface area (Å²) in [6, 6.07) is 9.77. The normalized spacial score (nSPS) is 12.1. The van der Waals surface area contributed by atoms with E-state index in [1.165, 1.54) is 10.4 Å². The van der Waals surface area contributed by atoms with Gasteiger partial charge in [0.1, 0.15) is 0 Å². The van der Waals surface area contributed by atoms with Crippen molar-refractivity contribution >= 4 is 17.2 Å². The van der Waals surface area contributed by atoms with Crippen molar-refractivity contribution in [2.24, 2.45) is 5.92 Å².